The second-order valence-corrected chi connectivity index (χ2v) is 8.19. The number of hydrogen-bond acceptors (Lipinski definition) is 6. The molecule has 0 fully saturated rings. The smallest absolute Gasteiger partial charge is 0.162 e. The van der Waals surface area contributed by atoms with Gasteiger partial charge in [-0.25, -0.2) is 19.9 Å². The number of aromatic nitrogens is 5. The summed E-state index contributed by atoms with van der Waals surface area (Å²) in [4.78, 5) is 24.3. The highest BCUT2D eigenvalue weighted by atomic mass is 35.5. The Hall–Kier alpha value is -2.93. The molecular weight excluding hydrogens is 431 g/mol. The van der Waals surface area contributed by atoms with Crippen LogP contribution < -0.4 is 0 Å². The Balaban J connectivity index is 1.28. The van der Waals surface area contributed by atoms with E-state index in [1.54, 1.807) is 18.5 Å². The molecule has 1 aliphatic heterocycles. The van der Waals surface area contributed by atoms with Gasteiger partial charge in [-0.05, 0) is 17.7 Å². The van der Waals surface area contributed by atoms with Crippen LogP contribution in [-0.2, 0) is 19.5 Å². The van der Waals surface area contributed by atoms with Gasteiger partial charge in [0.15, 0.2) is 5.82 Å². The van der Waals surface area contributed by atoms with E-state index in [-0.39, 0.29) is 0 Å². The largest absolute Gasteiger partial charge is 0.294 e. The van der Waals surface area contributed by atoms with Crippen LogP contribution in [0.15, 0.2) is 61.4 Å². The first-order chi connectivity index (χ1) is 15.2. The fourth-order valence-corrected chi connectivity index (χ4v) is 4.10. The van der Waals surface area contributed by atoms with Gasteiger partial charge in [-0.1, -0.05) is 41.4 Å². The Kier molecular flexibility index (Phi) is 5.59. The van der Waals surface area contributed by atoms with Gasteiger partial charge in [0.05, 0.1) is 27.0 Å². The number of pyridine rings is 1. The van der Waals surface area contributed by atoms with Crippen molar-refractivity contribution in [1.82, 2.24) is 29.8 Å². The van der Waals surface area contributed by atoms with Gasteiger partial charge in [0.25, 0.3) is 0 Å². The van der Waals surface area contributed by atoms with Gasteiger partial charge >= 0.3 is 0 Å². The first-order valence-electron chi connectivity index (χ1n) is 9.89. The SMILES string of the molecule is Clc1cccc(-c2ccc(CN3CCc4nc(-c5cncnc5)ncc4C3)cn2)c1Cl. The summed E-state index contributed by atoms with van der Waals surface area (Å²) >= 11 is 12.4. The van der Waals surface area contributed by atoms with Crippen molar-refractivity contribution in [1.29, 1.82) is 0 Å². The molecule has 5 rings (SSSR count). The first-order valence-corrected chi connectivity index (χ1v) is 10.6. The highest BCUT2D eigenvalue weighted by molar-refractivity contribution is 6.43. The Labute approximate surface area is 190 Å². The molecule has 0 unspecified atom stereocenters. The second-order valence-electron chi connectivity index (χ2n) is 7.41. The minimum atomic E-state index is 0.526. The van der Waals surface area contributed by atoms with Crippen LogP contribution >= 0.6 is 23.2 Å². The van der Waals surface area contributed by atoms with E-state index in [0.29, 0.717) is 15.9 Å². The lowest BCUT2D eigenvalue weighted by Crippen LogP contribution is -2.31. The summed E-state index contributed by atoms with van der Waals surface area (Å²) in [5.41, 5.74) is 5.87. The number of halogens is 2. The number of hydrogen-bond donors (Lipinski definition) is 0. The first kappa shape index (κ1) is 20.0. The summed E-state index contributed by atoms with van der Waals surface area (Å²) in [5, 5.41) is 1.06. The molecule has 0 aliphatic carbocycles. The van der Waals surface area contributed by atoms with E-state index >= 15 is 0 Å². The summed E-state index contributed by atoms with van der Waals surface area (Å²) < 4.78 is 0. The van der Waals surface area contributed by atoms with Crippen molar-refractivity contribution >= 4 is 23.2 Å². The van der Waals surface area contributed by atoms with E-state index in [9.17, 15) is 0 Å². The third kappa shape index (κ3) is 4.28. The summed E-state index contributed by atoms with van der Waals surface area (Å²) in [6, 6.07) is 9.65. The summed E-state index contributed by atoms with van der Waals surface area (Å²) in [6.45, 7) is 2.55. The Morgan fingerprint density at radius 2 is 1.81 bits per heavy atom. The van der Waals surface area contributed by atoms with Gasteiger partial charge in [-0.2, -0.15) is 0 Å². The summed E-state index contributed by atoms with van der Waals surface area (Å²) in [7, 11) is 0. The molecule has 0 amide bonds. The van der Waals surface area contributed by atoms with Gasteiger partial charge in [0.1, 0.15) is 6.33 Å². The molecule has 1 aromatic carbocycles. The minimum absolute atomic E-state index is 0.526. The van der Waals surface area contributed by atoms with Crippen LogP contribution in [0.1, 0.15) is 16.8 Å². The van der Waals surface area contributed by atoms with Gasteiger partial charge in [-0.15, -0.1) is 0 Å². The monoisotopic (exact) mass is 448 g/mol. The zero-order chi connectivity index (χ0) is 21.2. The quantitative estimate of drug-likeness (QED) is 0.443. The highest BCUT2D eigenvalue weighted by Crippen LogP contribution is 2.32. The highest BCUT2D eigenvalue weighted by Gasteiger charge is 2.19. The zero-order valence-electron chi connectivity index (χ0n) is 16.5. The second kappa shape index (κ2) is 8.67. The molecule has 8 heteroatoms. The zero-order valence-corrected chi connectivity index (χ0v) is 18.1. The lowest BCUT2D eigenvalue weighted by atomic mass is 10.1. The standard InChI is InChI=1S/C23H18Cl2N6/c24-19-3-1-2-18(22(19)25)21-5-4-15(8-28-21)12-31-7-6-20-17(13-31)11-29-23(30-20)16-9-26-14-27-10-16/h1-5,8-11,14H,6-7,12-13H2. The average Bonchev–Trinajstić information content (AvgIpc) is 2.82. The number of nitrogens with zero attached hydrogens (tertiary/aromatic N) is 6. The fraction of sp³-hybridized carbons (Fsp3) is 0.174. The van der Waals surface area contributed by atoms with Crippen LogP contribution in [0.25, 0.3) is 22.6 Å². The van der Waals surface area contributed by atoms with Crippen molar-refractivity contribution in [2.45, 2.75) is 19.5 Å². The molecule has 4 aromatic rings. The molecule has 0 saturated carbocycles. The molecule has 0 N–H and O–H groups in total. The van der Waals surface area contributed by atoms with Crippen LogP contribution in [0.5, 0.6) is 0 Å². The van der Waals surface area contributed by atoms with Crippen molar-refractivity contribution in [2.24, 2.45) is 0 Å². The van der Waals surface area contributed by atoms with Crippen molar-refractivity contribution in [3.05, 3.63) is 88.3 Å². The van der Waals surface area contributed by atoms with Gasteiger partial charge in [-0.3, -0.25) is 9.88 Å². The van der Waals surface area contributed by atoms with Crippen LogP contribution in [0.3, 0.4) is 0 Å². The number of fused-ring (bicyclic) bond motifs is 1. The third-order valence-electron chi connectivity index (χ3n) is 5.29. The molecule has 6 nitrogen and oxygen atoms in total. The number of rotatable bonds is 4. The molecular formula is C23H18Cl2N6. The lowest BCUT2D eigenvalue weighted by Gasteiger charge is -2.28. The van der Waals surface area contributed by atoms with E-state index in [0.717, 1.165) is 59.7 Å². The predicted octanol–water partition coefficient (Wildman–Crippen LogP) is 4.86. The van der Waals surface area contributed by atoms with Crippen LogP contribution in [0.4, 0.5) is 0 Å². The number of benzene rings is 1. The van der Waals surface area contributed by atoms with Gasteiger partial charge in [0, 0.05) is 62.0 Å². The van der Waals surface area contributed by atoms with Crippen molar-refractivity contribution in [3.63, 3.8) is 0 Å². The maximum atomic E-state index is 6.32. The molecule has 31 heavy (non-hydrogen) atoms. The van der Waals surface area contributed by atoms with Crippen LogP contribution in [-0.4, -0.2) is 36.4 Å². The Morgan fingerprint density at radius 1 is 0.935 bits per heavy atom. The molecule has 1 aliphatic rings. The van der Waals surface area contributed by atoms with Crippen molar-refractivity contribution < 1.29 is 0 Å². The minimum Gasteiger partial charge on any atom is -0.294 e. The van der Waals surface area contributed by atoms with E-state index < -0.39 is 0 Å². The maximum Gasteiger partial charge on any atom is 0.162 e. The maximum absolute atomic E-state index is 6.32. The van der Waals surface area contributed by atoms with Gasteiger partial charge < -0.3 is 0 Å². The van der Waals surface area contributed by atoms with E-state index in [1.165, 1.54) is 6.33 Å². The molecule has 0 bridgehead atoms. The van der Waals surface area contributed by atoms with Gasteiger partial charge in [0.2, 0.25) is 0 Å². The topological polar surface area (TPSA) is 67.7 Å². The molecule has 0 atom stereocenters. The summed E-state index contributed by atoms with van der Waals surface area (Å²) in [6.07, 6.45) is 9.66. The van der Waals surface area contributed by atoms with Crippen LogP contribution in [0, 0.1) is 0 Å². The van der Waals surface area contributed by atoms with E-state index in [1.807, 2.05) is 30.6 Å². The Bertz CT molecular complexity index is 1210. The van der Waals surface area contributed by atoms with E-state index in [4.69, 9.17) is 28.2 Å². The normalized spacial score (nSPS) is 13.7. The van der Waals surface area contributed by atoms with E-state index in [2.05, 4.69) is 30.9 Å². The summed E-state index contributed by atoms with van der Waals surface area (Å²) in [5.74, 6) is 0.673. The fourth-order valence-electron chi connectivity index (χ4n) is 3.70. The molecule has 0 spiro atoms. The molecule has 154 valence electrons. The average molecular weight is 449 g/mol. The third-order valence-corrected chi connectivity index (χ3v) is 6.11. The van der Waals surface area contributed by atoms with Crippen LogP contribution in [0.2, 0.25) is 10.0 Å². The lowest BCUT2D eigenvalue weighted by molar-refractivity contribution is 0.242. The van der Waals surface area contributed by atoms with Crippen molar-refractivity contribution in [2.75, 3.05) is 6.54 Å². The molecule has 0 saturated heterocycles. The molecule has 4 heterocycles. The predicted molar refractivity (Wildman–Crippen MR) is 121 cm³/mol. The Morgan fingerprint density at radius 3 is 2.61 bits per heavy atom. The molecule has 3 aromatic heterocycles. The van der Waals surface area contributed by atoms with Crippen molar-refractivity contribution in [3.8, 4) is 22.6 Å². The molecule has 0 radical (unpaired) electrons.